The van der Waals surface area contributed by atoms with Gasteiger partial charge >= 0.3 is 0 Å². The van der Waals surface area contributed by atoms with Gasteiger partial charge in [-0.25, -0.2) is 4.99 Å². The van der Waals surface area contributed by atoms with Gasteiger partial charge in [-0.2, -0.15) is 4.99 Å². The van der Waals surface area contributed by atoms with Gasteiger partial charge in [0, 0.05) is 12.4 Å². The predicted octanol–water partition coefficient (Wildman–Crippen LogP) is 10.0. The van der Waals surface area contributed by atoms with Crippen molar-refractivity contribution < 1.29 is 0 Å². The van der Waals surface area contributed by atoms with Crippen LogP contribution in [0.4, 0.5) is 5.69 Å². The minimum absolute atomic E-state index is 0.367. The van der Waals surface area contributed by atoms with Gasteiger partial charge in [0.25, 0.3) is 0 Å². The molecule has 4 heteroatoms. The van der Waals surface area contributed by atoms with Crippen LogP contribution in [-0.4, -0.2) is 15.0 Å². The molecular formula is C37H48N4. The first-order valence-corrected chi connectivity index (χ1v) is 15.1. The summed E-state index contributed by atoms with van der Waals surface area (Å²) in [5.74, 6) is 2.20. The van der Waals surface area contributed by atoms with Crippen molar-refractivity contribution in [2.24, 2.45) is 9.98 Å². The zero-order chi connectivity index (χ0) is 30.0. The molecule has 0 amide bonds. The van der Waals surface area contributed by atoms with Crippen molar-refractivity contribution in [1.82, 2.24) is 9.13 Å². The van der Waals surface area contributed by atoms with Gasteiger partial charge in [-0.3, -0.25) is 9.13 Å². The molecule has 0 radical (unpaired) electrons. The minimum Gasteiger partial charge on any atom is -0.285 e. The van der Waals surface area contributed by atoms with Crippen LogP contribution in [0, 0.1) is 13.8 Å². The molecule has 0 saturated carbocycles. The standard InChI is InChI=1S/C37H48N4/c1-23(2)30-17-13-18-31(24(3)4)35(30)40-21-22-41(36-32(25(5)6)19-14-20-33(36)26(7)8)37(40)39-29(11)38-34-27(9)15-12-16-28(34)10/h12-26H,1-11H3/b38-29+. The van der Waals surface area contributed by atoms with E-state index in [1.165, 1.54) is 33.6 Å². The third-order valence-corrected chi connectivity index (χ3v) is 7.94. The summed E-state index contributed by atoms with van der Waals surface area (Å²) in [4.78, 5) is 10.4. The summed E-state index contributed by atoms with van der Waals surface area (Å²) in [6.45, 7) is 24.4. The number of benzene rings is 3. The molecule has 0 saturated heterocycles. The fourth-order valence-corrected chi connectivity index (χ4v) is 5.73. The lowest BCUT2D eigenvalue weighted by Crippen LogP contribution is -2.28. The first kappa shape index (κ1) is 30.3. The summed E-state index contributed by atoms with van der Waals surface area (Å²) in [5.41, 5.74) is 11.9. The Kier molecular flexibility index (Phi) is 9.21. The van der Waals surface area contributed by atoms with Crippen molar-refractivity contribution in [3.8, 4) is 11.4 Å². The summed E-state index contributed by atoms with van der Waals surface area (Å²) in [6.07, 6.45) is 4.39. The van der Waals surface area contributed by atoms with Crippen molar-refractivity contribution in [3.05, 3.63) is 106 Å². The third kappa shape index (κ3) is 6.17. The molecule has 216 valence electrons. The highest BCUT2D eigenvalue weighted by Crippen LogP contribution is 2.33. The largest absolute Gasteiger partial charge is 0.285 e. The Labute approximate surface area is 247 Å². The SMILES string of the molecule is C/C(N=c1n(-c2c(C(C)C)cccc2C(C)C)ccn1-c1c(C(C)C)cccc1C(C)C)=N\c1c(C)cccc1C. The lowest BCUT2D eigenvalue weighted by Gasteiger charge is -2.22. The van der Waals surface area contributed by atoms with Crippen LogP contribution in [0.5, 0.6) is 0 Å². The Morgan fingerprint density at radius 1 is 0.561 bits per heavy atom. The minimum atomic E-state index is 0.367. The van der Waals surface area contributed by atoms with Crippen LogP contribution >= 0.6 is 0 Å². The number of rotatable bonds is 7. The molecular weight excluding hydrogens is 500 g/mol. The maximum atomic E-state index is 5.33. The van der Waals surface area contributed by atoms with Gasteiger partial charge in [0.15, 0.2) is 0 Å². The Morgan fingerprint density at radius 2 is 0.902 bits per heavy atom. The van der Waals surface area contributed by atoms with Crippen molar-refractivity contribution in [1.29, 1.82) is 0 Å². The molecule has 4 nitrogen and oxygen atoms in total. The number of imidazole rings is 1. The highest BCUT2D eigenvalue weighted by molar-refractivity contribution is 5.84. The lowest BCUT2D eigenvalue weighted by atomic mass is 9.92. The number of para-hydroxylation sites is 3. The molecule has 0 N–H and O–H groups in total. The van der Waals surface area contributed by atoms with Crippen LogP contribution in [0.1, 0.15) is 119 Å². The van der Waals surface area contributed by atoms with E-state index in [0.717, 1.165) is 28.3 Å². The zero-order valence-electron chi connectivity index (χ0n) is 26.9. The average Bonchev–Trinajstić information content (AvgIpc) is 3.32. The Bertz CT molecular complexity index is 1470. The van der Waals surface area contributed by atoms with Crippen molar-refractivity contribution in [3.63, 3.8) is 0 Å². The molecule has 41 heavy (non-hydrogen) atoms. The first-order valence-electron chi connectivity index (χ1n) is 15.1. The molecule has 0 spiro atoms. The second-order valence-corrected chi connectivity index (χ2v) is 12.5. The zero-order valence-corrected chi connectivity index (χ0v) is 26.9. The molecule has 1 heterocycles. The number of amidine groups is 1. The van der Waals surface area contributed by atoms with Crippen LogP contribution in [0.15, 0.2) is 77.0 Å². The average molecular weight is 549 g/mol. The number of nitrogens with zero attached hydrogens (tertiary/aromatic N) is 4. The molecule has 4 rings (SSSR count). The van der Waals surface area contributed by atoms with Crippen LogP contribution in [-0.2, 0) is 0 Å². The normalized spacial score (nSPS) is 12.3. The summed E-state index contributed by atoms with van der Waals surface area (Å²) in [5, 5.41) is 0. The summed E-state index contributed by atoms with van der Waals surface area (Å²) < 4.78 is 4.60. The van der Waals surface area contributed by atoms with Crippen LogP contribution < -0.4 is 5.62 Å². The Morgan fingerprint density at radius 3 is 1.24 bits per heavy atom. The first-order chi connectivity index (χ1) is 19.4. The van der Waals surface area contributed by atoms with Gasteiger partial charge < -0.3 is 0 Å². The van der Waals surface area contributed by atoms with Crippen LogP contribution in [0.25, 0.3) is 11.4 Å². The van der Waals surface area contributed by atoms with E-state index in [2.05, 4.69) is 145 Å². The van der Waals surface area contributed by atoms with E-state index in [4.69, 9.17) is 9.98 Å². The van der Waals surface area contributed by atoms with E-state index in [1.54, 1.807) is 0 Å². The summed E-state index contributed by atoms with van der Waals surface area (Å²) in [7, 11) is 0. The molecule has 3 aromatic carbocycles. The van der Waals surface area contributed by atoms with Gasteiger partial charge in [-0.1, -0.05) is 110 Å². The van der Waals surface area contributed by atoms with E-state index in [1.807, 2.05) is 6.92 Å². The van der Waals surface area contributed by atoms with E-state index < -0.39 is 0 Å². The molecule has 0 bridgehead atoms. The second-order valence-electron chi connectivity index (χ2n) is 12.5. The van der Waals surface area contributed by atoms with Gasteiger partial charge in [0.1, 0.15) is 5.84 Å². The fraction of sp³-hybridized carbons (Fsp3) is 0.405. The van der Waals surface area contributed by atoms with Gasteiger partial charge in [-0.05, 0) is 77.8 Å². The van der Waals surface area contributed by atoms with Crippen LogP contribution in [0.3, 0.4) is 0 Å². The van der Waals surface area contributed by atoms with E-state index in [9.17, 15) is 0 Å². The summed E-state index contributed by atoms with van der Waals surface area (Å²) in [6, 6.07) is 19.8. The monoisotopic (exact) mass is 548 g/mol. The lowest BCUT2D eigenvalue weighted by molar-refractivity contribution is 0.763. The predicted molar refractivity (Wildman–Crippen MR) is 176 cm³/mol. The van der Waals surface area contributed by atoms with Gasteiger partial charge in [0.05, 0.1) is 17.1 Å². The smallest absolute Gasteiger partial charge is 0.220 e. The number of hydrogen-bond donors (Lipinski definition) is 0. The second kappa shape index (κ2) is 12.5. The van der Waals surface area contributed by atoms with Crippen molar-refractivity contribution in [2.75, 3.05) is 0 Å². The molecule has 0 aliphatic carbocycles. The number of aryl methyl sites for hydroxylation is 2. The molecule has 0 aliphatic heterocycles. The third-order valence-electron chi connectivity index (χ3n) is 7.94. The van der Waals surface area contributed by atoms with Crippen LogP contribution in [0.2, 0.25) is 0 Å². The Hall–Kier alpha value is -3.66. The molecule has 0 aliphatic rings. The number of hydrogen-bond acceptors (Lipinski definition) is 1. The van der Waals surface area contributed by atoms with E-state index in [0.29, 0.717) is 23.7 Å². The molecule has 1 aromatic heterocycles. The molecule has 0 fully saturated rings. The van der Waals surface area contributed by atoms with E-state index in [-0.39, 0.29) is 0 Å². The van der Waals surface area contributed by atoms with Gasteiger partial charge in [0.2, 0.25) is 5.62 Å². The highest BCUT2D eigenvalue weighted by atomic mass is 15.2. The van der Waals surface area contributed by atoms with Gasteiger partial charge in [-0.15, -0.1) is 0 Å². The molecule has 0 unspecified atom stereocenters. The number of aromatic nitrogens is 2. The molecule has 0 atom stereocenters. The Balaban J connectivity index is 2.16. The summed E-state index contributed by atoms with van der Waals surface area (Å²) >= 11 is 0. The van der Waals surface area contributed by atoms with Crippen molar-refractivity contribution >= 4 is 11.5 Å². The van der Waals surface area contributed by atoms with Crippen molar-refractivity contribution in [2.45, 2.75) is 99.8 Å². The highest BCUT2D eigenvalue weighted by Gasteiger charge is 2.21. The quantitative estimate of drug-likeness (QED) is 0.163. The maximum absolute atomic E-state index is 5.33. The molecule has 4 aromatic rings. The topological polar surface area (TPSA) is 34.6 Å². The van der Waals surface area contributed by atoms with E-state index >= 15 is 0 Å². The fourth-order valence-electron chi connectivity index (χ4n) is 5.73. The maximum Gasteiger partial charge on any atom is 0.220 e. The number of aliphatic imine (C=N–C) groups is 1.